The van der Waals surface area contributed by atoms with Gasteiger partial charge in [-0.1, -0.05) is 23.7 Å². The van der Waals surface area contributed by atoms with E-state index in [2.05, 4.69) is 29.4 Å². The molecule has 1 heterocycles. The van der Waals surface area contributed by atoms with Gasteiger partial charge in [0.05, 0.1) is 18.3 Å². The lowest BCUT2D eigenvalue weighted by Crippen LogP contribution is -2.49. The van der Waals surface area contributed by atoms with E-state index >= 15 is 0 Å². The number of rotatable bonds is 7. The molecule has 4 nitrogen and oxygen atoms in total. The highest BCUT2D eigenvalue weighted by Crippen LogP contribution is 2.25. The van der Waals surface area contributed by atoms with Gasteiger partial charge in [-0.25, -0.2) is 0 Å². The zero-order valence-electron chi connectivity index (χ0n) is 15.4. The number of anilines is 1. The minimum atomic E-state index is -0.483. The van der Waals surface area contributed by atoms with Crippen molar-refractivity contribution in [1.29, 1.82) is 0 Å². The largest absolute Gasteiger partial charge is 0.389 e. The van der Waals surface area contributed by atoms with E-state index in [9.17, 15) is 5.11 Å². The maximum absolute atomic E-state index is 10.2. The maximum atomic E-state index is 10.2. The minimum absolute atomic E-state index is 0. The maximum Gasteiger partial charge on any atom is 0.0900 e. The molecule has 1 N–H and O–H groups in total. The van der Waals surface area contributed by atoms with E-state index < -0.39 is 11.7 Å². The average molecular weight is 389 g/mol. The Morgan fingerprint density at radius 3 is 2.56 bits per heavy atom. The molecule has 1 saturated heterocycles. The third-order valence-electron chi connectivity index (χ3n) is 4.49. The van der Waals surface area contributed by atoms with Crippen LogP contribution in [-0.2, 0) is 4.74 Å². The summed E-state index contributed by atoms with van der Waals surface area (Å²) in [5, 5.41) is 11.0. The summed E-state index contributed by atoms with van der Waals surface area (Å²) in [5.41, 5.74) is 2.05. The van der Waals surface area contributed by atoms with Gasteiger partial charge in [0.15, 0.2) is 0 Å². The highest BCUT2D eigenvalue weighted by atomic mass is 35.5. The normalized spacial score (nSPS) is 17.1. The van der Waals surface area contributed by atoms with Crippen molar-refractivity contribution in [3.63, 3.8) is 0 Å². The monoisotopic (exact) mass is 388 g/mol. The third-order valence-corrected chi connectivity index (χ3v) is 4.73. The number of nitrogens with zero attached hydrogens (tertiary/aromatic N) is 2. The van der Waals surface area contributed by atoms with E-state index in [0.29, 0.717) is 13.2 Å². The molecule has 0 radical (unpaired) electrons. The van der Waals surface area contributed by atoms with Gasteiger partial charge in [0.25, 0.3) is 0 Å². The van der Waals surface area contributed by atoms with Crippen LogP contribution in [0.25, 0.3) is 0 Å². The van der Waals surface area contributed by atoms with E-state index in [1.807, 2.05) is 26.0 Å². The number of benzene rings is 1. The lowest BCUT2D eigenvalue weighted by Gasteiger charge is -2.37. The molecular formula is C19H30Cl2N2O2. The summed E-state index contributed by atoms with van der Waals surface area (Å²) < 4.78 is 5.68. The summed E-state index contributed by atoms with van der Waals surface area (Å²) in [6, 6.07) is 6.02. The number of aliphatic hydroxyl groups is 1. The first kappa shape index (κ1) is 22.3. The van der Waals surface area contributed by atoms with Gasteiger partial charge in [-0.3, -0.25) is 4.90 Å². The van der Waals surface area contributed by atoms with Gasteiger partial charge in [0.2, 0.25) is 0 Å². The molecule has 1 aromatic rings. The molecule has 2 rings (SSSR count). The highest BCUT2D eigenvalue weighted by molar-refractivity contribution is 6.30. The van der Waals surface area contributed by atoms with Crippen LogP contribution in [0.5, 0.6) is 0 Å². The molecule has 1 aromatic carbocycles. The zero-order chi connectivity index (χ0) is 17.7. The fourth-order valence-corrected chi connectivity index (χ4v) is 2.98. The van der Waals surface area contributed by atoms with E-state index in [4.69, 9.17) is 16.3 Å². The Hall–Kier alpha value is -0.780. The lowest BCUT2D eigenvalue weighted by atomic mass is 10.1. The van der Waals surface area contributed by atoms with Crippen LogP contribution in [0.2, 0.25) is 5.02 Å². The van der Waals surface area contributed by atoms with Crippen molar-refractivity contribution in [1.82, 2.24) is 4.90 Å². The van der Waals surface area contributed by atoms with Crippen LogP contribution in [0, 0.1) is 6.92 Å². The smallest absolute Gasteiger partial charge is 0.0900 e. The number of halogens is 2. The van der Waals surface area contributed by atoms with Crippen LogP contribution in [0.15, 0.2) is 30.9 Å². The number of hydrogen-bond donors (Lipinski definition) is 1. The summed E-state index contributed by atoms with van der Waals surface area (Å²) in [6.07, 6.45) is 1.27. The Balaban J connectivity index is 0.00000312. The molecule has 1 fully saturated rings. The molecular weight excluding hydrogens is 359 g/mol. The molecule has 1 atom stereocenters. The average Bonchev–Trinajstić information content (AvgIpc) is 2.56. The van der Waals surface area contributed by atoms with Crippen LogP contribution >= 0.6 is 24.0 Å². The predicted octanol–water partition coefficient (Wildman–Crippen LogP) is 3.53. The first-order valence-electron chi connectivity index (χ1n) is 8.50. The molecule has 0 bridgehead atoms. The fraction of sp³-hybridized carbons (Fsp3) is 0.579. The summed E-state index contributed by atoms with van der Waals surface area (Å²) in [7, 11) is 0. The molecule has 0 aromatic heterocycles. The van der Waals surface area contributed by atoms with Crippen LogP contribution in [0.1, 0.15) is 19.4 Å². The minimum Gasteiger partial charge on any atom is -0.389 e. The Bertz CT molecular complexity index is 558. The highest BCUT2D eigenvalue weighted by Gasteiger charge is 2.22. The summed E-state index contributed by atoms with van der Waals surface area (Å²) in [6.45, 7) is 14.4. The van der Waals surface area contributed by atoms with E-state index in [-0.39, 0.29) is 12.4 Å². The van der Waals surface area contributed by atoms with Gasteiger partial charge in [0.1, 0.15) is 0 Å². The standard InChI is InChI=1S/C19H29ClN2O2.ClH/c1-5-19(3,4)24-14-17(23)13-21-8-10-22(11-9-21)18-12-16(20)7-6-15(18)2;/h5-7,12,17,23H,1,8-11,13-14H2,2-4H3;1H. The van der Waals surface area contributed by atoms with Crippen LogP contribution in [0.3, 0.4) is 0 Å². The summed E-state index contributed by atoms with van der Waals surface area (Å²) in [5.74, 6) is 0. The number of ether oxygens (including phenoxy) is 1. The van der Waals surface area contributed by atoms with Crippen molar-refractivity contribution in [2.75, 3.05) is 44.2 Å². The Morgan fingerprint density at radius 1 is 1.32 bits per heavy atom. The Kier molecular flexibility index (Phi) is 8.72. The van der Waals surface area contributed by atoms with E-state index in [1.54, 1.807) is 6.08 Å². The molecule has 25 heavy (non-hydrogen) atoms. The van der Waals surface area contributed by atoms with Crippen molar-refractivity contribution in [2.45, 2.75) is 32.5 Å². The summed E-state index contributed by atoms with van der Waals surface area (Å²) >= 11 is 6.13. The molecule has 0 aliphatic carbocycles. The Morgan fingerprint density at radius 2 is 1.96 bits per heavy atom. The second-order valence-corrected chi connectivity index (χ2v) is 7.43. The lowest BCUT2D eigenvalue weighted by molar-refractivity contribution is -0.0420. The number of aryl methyl sites for hydroxylation is 1. The summed E-state index contributed by atoms with van der Waals surface area (Å²) in [4.78, 5) is 4.65. The van der Waals surface area contributed by atoms with Gasteiger partial charge >= 0.3 is 0 Å². The number of piperazine rings is 1. The zero-order valence-corrected chi connectivity index (χ0v) is 16.9. The van der Waals surface area contributed by atoms with E-state index in [1.165, 1.54) is 11.3 Å². The molecule has 1 aliphatic heterocycles. The SMILES string of the molecule is C=CC(C)(C)OCC(O)CN1CCN(c2cc(Cl)ccc2C)CC1.Cl. The van der Waals surface area contributed by atoms with Crippen LogP contribution in [-0.4, -0.2) is 61.0 Å². The van der Waals surface area contributed by atoms with Crippen molar-refractivity contribution in [3.8, 4) is 0 Å². The van der Waals surface area contributed by atoms with Gasteiger partial charge < -0.3 is 14.7 Å². The van der Waals surface area contributed by atoms with Crippen LogP contribution in [0.4, 0.5) is 5.69 Å². The topological polar surface area (TPSA) is 35.9 Å². The predicted molar refractivity (Wildman–Crippen MR) is 108 cm³/mol. The fourth-order valence-electron chi connectivity index (χ4n) is 2.82. The molecule has 0 amide bonds. The van der Waals surface area contributed by atoms with Crippen LogP contribution < -0.4 is 4.90 Å². The second-order valence-electron chi connectivity index (χ2n) is 6.99. The van der Waals surface area contributed by atoms with Crippen molar-refractivity contribution in [2.24, 2.45) is 0 Å². The Labute approximate surface area is 162 Å². The second kappa shape index (κ2) is 9.79. The molecule has 1 unspecified atom stereocenters. The molecule has 0 saturated carbocycles. The molecule has 142 valence electrons. The molecule has 6 heteroatoms. The first-order valence-corrected chi connectivity index (χ1v) is 8.87. The van der Waals surface area contributed by atoms with Gasteiger partial charge in [-0.05, 0) is 38.5 Å². The number of hydrogen-bond acceptors (Lipinski definition) is 4. The van der Waals surface area contributed by atoms with Gasteiger partial charge in [-0.15, -0.1) is 19.0 Å². The molecule has 0 spiro atoms. The quantitative estimate of drug-likeness (QED) is 0.724. The van der Waals surface area contributed by atoms with Gasteiger partial charge in [0, 0.05) is 43.4 Å². The first-order chi connectivity index (χ1) is 11.3. The van der Waals surface area contributed by atoms with Crippen molar-refractivity contribution < 1.29 is 9.84 Å². The van der Waals surface area contributed by atoms with Crippen molar-refractivity contribution >= 4 is 29.7 Å². The van der Waals surface area contributed by atoms with E-state index in [0.717, 1.165) is 31.2 Å². The third kappa shape index (κ3) is 6.80. The van der Waals surface area contributed by atoms with Gasteiger partial charge in [-0.2, -0.15) is 0 Å². The molecule has 1 aliphatic rings. The van der Waals surface area contributed by atoms with Crippen molar-refractivity contribution in [3.05, 3.63) is 41.4 Å². The number of β-amino-alcohol motifs (C(OH)–C–C–N with tert-alkyl or cyclic N) is 1. The number of aliphatic hydroxyl groups excluding tert-OH is 1.